The SMILES string of the molecule is BOC[C@@H]1CO1. The van der Waals surface area contributed by atoms with Gasteiger partial charge < -0.3 is 9.39 Å². The van der Waals surface area contributed by atoms with Gasteiger partial charge in [-0.1, -0.05) is 0 Å². The van der Waals surface area contributed by atoms with Crippen molar-refractivity contribution in [2.24, 2.45) is 0 Å². The Hall–Kier alpha value is -0.0151. The molecule has 1 rings (SSSR count). The zero-order chi connectivity index (χ0) is 4.41. The summed E-state index contributed by atoms with van der Waals surface area (Å²) in [5, 5.41) is 0. The van der Waals surface area contributed by atoms with E-state index in [4.69, 9.17) is 9.39 Å². The number of epoxide rings is 1. The minimum atomic E-state index is 0.426. The summed E-state index contributed by atoms with van der Waals surface area (Å²) in [7, 11) is 1.68. The quantitative estimate of drug-likeness (QED) is 0.316. The Morgan fingerprint density at radius 3 is 2.83 bits per heavy atom. The third-order valence-electron chi connectivity index (χ3n) is 0.755. The minimum Gasteiger partial charge on any atom is -0.441 e. The maximum atomic E-state index is 4.82. The summed E-state index contributed by atoms with van der Waals surface area (Å²) in [6.07, 6.45) is 0.426. The molecule has 0 aromatic rings. The van der Waals surface area contributed by atoms with E-state index in [1.54, 1.807) is 8.05 Å². The molecule has 0 amide bonds. The summed E-state index contributed by atoms with van der Waals surface area (Å²) < 4.78 is 9.56. The monoisotopic (exact) mass is 86.1 g/mol. The van der Waals surface area contributed by atoms with Gasteiger partial charge in [-0.25, -0.2) is 0 Å². The van der Waals surface area contributed by atoms with Gasteiger partial charge in [0.1, 0.15) is 6.10 Å². The zero-order valence-electron chi connectivity index (χ0n) is 3.81. The van der Waals surface area contributed by atoms with E-state index in [1.165, 1.54) is 0 Å². The molecule has 0 saturated carbocycles. The van der Waals surface area contributed by atoms with E-state index in [0.717, 1.165) is 13.2 Å². The van der Waals surface area contributed by atoms with Crippen LogP contribution >= 0.6 is 0 Å². The summed E-state index contributed by atoms with van der Waals surface area (Å²) >= 11 is 0. The second-order valence-corrected chi connectivity index (χ2v) is 1.41. The van der Waals surface area contributed by atoms with Gasteiger partial charge in [-0.15, -0.1) is 0 Å². The van der Waals surface area contributed by atoms with Gasteiger partial charge in [0.15, 0.2) is 0 Å². The molecule has 0 radical (unpaired) electrons. The molecule has 0 aromatic heterocycles. The van der Waals surface area contributed by atoms with Crippen LogP contribution in [-0.2, 0) is 9.39 Å². The molecule has 1 aliphatic rings. The Labute approximate surface area is 37.9 Å². The predicted molar refractivity (Wildman–Crippen MR) is 24.2 cm³/mol. The highest BCUT2D eigenvalue weighted by Gasteiger charge is 2.20. The molecule has 1 aliphatic heterocycles. The average Bonchev–Trinajstić information content (AvgIpc) is 2.21. The fraction of sp³-hybridized carbons (Fsp3) is 1.00. The Kier molecular flexibility index (Phi) is 1.12. The van der Waals surface area contributed by atoms with Crippen LogP contribution in [0.15, 0.2) is 0 Å². The Morgan fingerprint density at radius 2 is 2.67 bits per heavy atom. The van der Waals surface area contributed by atoms with Crippen LogP contribution in [0.2, 0.25) is 0 Å². The molecule has 1 saturated heterocycles. The molecule has 34 valence electrons. The van der Waals surface area contributed by atoms with E-state index in [1.807, 2.05) is 0 Å². The summed E-state index contributed by atoms with van der Waals surface area (Å²) in [5.74, 6) is 0. The van der Waals surface area contributed by atoms with Crippen molar-refractivity contribution in [2.45, 2.75) is 6.10 Å². The number of hydrogen-bond donors (Lipinski definition) is 0. The second kappa shape index (κ2) is 1.62. The van der Waals surface area contributed by atoms with Crippen molar-refractivity contribution in [1.82, 2.24) is 0 Å². The van der Waals surface area contributed by atoms with Gasteiger partial charge in [-0.2, -0.15) is 0 Å². The summed E-state index contributed by atoms with van der Waals surface area (Å²) in [6, 6.07) is 0. The van der Waals surface area contributed by atoms with E-state index < -0.39 is 0 Å². The lowest BCUT2D eigenvalue weighted by Gasteiger charge is -1.85. The van der Waals surface area contributed by atoms with Gasteiger partial charge in [-0.05, 0) is 0 Å². The van der Waals surface area contributed by atoms with Crippen LogP contribution < -0.4 is 0 Å². The molecule has 2 nitrogen and oxygen atoms in total. The lowest BCUT2D eigenvalue weighted by atomic mass is 10.5. The lowest BCUT2D eigenvalue weighted by Crippen LogP contribution is -1.96. The molecule has 0 N–H and O–H groups in total. The highest BCUT2D eigenvalue weighted by molar-refractivity contribution is 5.97. The highest BCUT2D eigenvalue weighted by atomic mass is 16.6. The molecule has 0 unspecified atom stereocenters. The summed E-state index contributed by atoms with van der Waals surface area (Å²) in [5.41, 5.74) is 0. The van der Waals surface area contributed by atoms with Crippen molar-refractivity contribution in [3.8, 4) is 0 Å². The molecular formula is C3H7BO2. The third-order valence-corrected chi connectivity index (χ3v) is 0.755. The zero-order valence-corrected chi connectivity index (χ0v) is 3.81. The topological polar surface area (TPSA) is 21.8 Å². The van der Waals surface area contributed by atoms with Gasteiger partial charge in [-0.3, -0.25) is 0 Å². The van der Waals surface area contributed by atoms with E-state index in [0.29, 0.717) is 6.10 Å². The Balaban J connectivity index is 1.88. The predicted octanol–water partition coefficient (Wildman–Crippen LogP) is -1.05. The van der Waals surface area contributed by atoms with E-state index in [-0.39, 0.29) is 0 Å². The molecule has 0 spiro atoms. The van der Waals surface area contributed by atoms with Gasteiger partial charge >= 0.3 is 0 Å². The van der Waals surface area contributed by atoms with Crippen molar-refractivity contribution in [1.29, 1.82) is 0 Å². The van der Waals surface area contributed by atoms with Crippen molar-refractivity contribution < 1.29 is 9.39 Å². The van der Waals surface area contributed by atoms with Crippen LogP contribution in [0.4, 0.5) is 0 Å². The van der Waals surface area contributed by atoms with Crippen molar-refractivity contribution in [3.63, 3.8) is 0 Å². The molecule has 1 heterocycles. The highest BCUT2D eigenvalue weighted by Crippen LogP contribution is 2.06. The largest absolute Gasteiger partial charge is 0.441 e. The van der Waals surface area contributed by atoms with Crippen molar-refractivity contribution in [2.75, 3.05) is 13.2 Å². The lowest BCUT2D eigenvalue weighted by molar-refractivity contribution is 0.281. The van der Waals surface area contributed by atoms with Crippen molar-refractivity contribution in [3.05, 3.63) is 0 Å². The third kappa shape index (κ3) is 0.991. The van der Waals surface area contributed by atoms with Gasteiger partial charge in [0.05, 0.1) is 13.2 Å². The maximum absolute atomic E-state index is 4.82. The van der Waals surface area contributed by atoms with Crippen LogP contribution in [-0.4, -0.2) is 27.4 Å². The van der Waals surface area contributed by atoms with Gasteiger partial charge in [0.25, 0.3) is 8.05 Å². The second-order valence-electron chi connectivity index (χ2n) is 1.41. The minimum absolute atomic E-state index is 0.426. The smallest absolute Gasteiger partial charge is 0.257 e. The molecule has 0 aromatic carbocycles. The molecule has 0 aliphatic carbocycles. The first kappa shape index (κ1) is 4.15. The van der Waals surface area contributed by atoms with E-state index in [2.05, 4.69) is 0 Å². The fourth-order valence-corrected chi connectivity index (χ4v) is 0.350. The summed E-state index contributed by atoms with van der Waals surface area (Å²) in [6.45, 7) is 1.66. The van der Waals surface area contributed by atoms with E-state index >= 15 is 0 Å². The molecule has 6 heavy (non-hydrogen) atoms. The Bertz CT molecular complexity index is 44.1. The standard InChI is InChI=1S/C3H7BO2/c4-6-2-3-1-5-3/h3H,1-2,4H2/t3-/m0/s1. The van der Waals surface area contributed by atoms with Crippen LogP contribution in [0.3, 0.4) is 0 Å². The molecule has 1 atom stereocenters. The Morgan fingerprint density at radius 1 is 2.00 bits per heavy atom. The van der Waals surface area contributed by atoms with Gasteiger partial charge in [0.2, 0.25) is 0 Å². The number of rotatable bonds is 2. The van der Waals surface area contributed by atoms with Gasteiger partial charge in [0, 0.05) is 0 Å². The maximum Gasteiger partial charge on any atom is 0.257 e. The van der Waals surface area contributed by atoms with Crippen LogP contribution in [0.1, 0.15) is 0 Å². The average molecular weight is 85.9 g/mol. The molecule has 0 bridgehead atoms. The first-order chi connectivity index (χ1) is 2.93. The van der Waals surface area contributed by atoms with Crippen LogP contribution in [0, 0.1) is 0 Å². The van der Waals surface area contributed by atoms with Crippen LogP contribution in [0.5, 0.6) is 0 Å². The summed E-state index contributed by atoms with van der Waals surface area (Å²) in [4.78, 5) is 0. The fourth-order valence-electron chi connectivity index (χ4n) is 0.350. The molecule has 3 heteroatoms. The van der Waals surface area contributed by atoms with Crippen molar-refractivity contribution >= 4 is 8.05 Å². The molecule has 1 fully saturated rings. The normalized spacial score (nSPS) is 30.3. The number of ether oxygens (including phenoxy) is 1. The first-order valence-corrected chi connectivity index (χ1v) is 2.04. The van der Waals surface area contributed by atoms with Crippen LogP contribution in [0.25, 0.3) is 0 Å². The van der Waals surface area contributed by atoms with E-state index in [9.17, 15) is 0 Å². The first-order valence-electron chi connectivity index (χ1n) is 2.04. The number of hydrogen-bond acceptors (Lipinski definition) is 2. The molecular weight excluding hydrogens is 78.8 g/mol.